The normalized spacial score (nSPS) is 10.3. The number of hydrogen-bond acceptors (Lipinski definition) is 3. The van der Waals surface area contributed by atoms with Crippen LogP contribution < -0.4 is 0 Å². The molecule has 0 aliphatic heterocycles. The Balaban J connectivity index is -0.00000480. The van der Waals surface area contributed by atoms with E-state index in [9.17, 15) is 9.59 Å². The summed E-state index contributed by atoms with van der Waals surface area (Å²) in [6.45, 7) is 6.00. The maximum atomic E-state index is 11.8. The van der Waals surface area contributed by atoms with Crippen LogP contribution in [0.15, 0.2) is 12.7 Å². The smallest absolute Gasteiger partial charge is 0.313 e. The van der Waals surface area contributed by atoms with Crippen molar-refractivity contribution < 1.29 is 53.3 Å². The van der Waals surface area contributed by atoms with Gasteiger partial charge in [0.2, 0.25) is 0 Å². The molecule has 0 spiro atoms. The summed E-state index contributed by atoms with van der Waals surface area (Å²) in [4.78, 5) is 23.5. The van der Waals surface area contributed by atoms with Gasteiger partial charge in [-0.3, -0.25) is 9.59 Å². The number of carbonyl (C=O) groups is 2. The second-order valence-electron chi connectivity index (χ2n) is 9.49. The predicted octanol–water partition coefficient (Wildman–Crippen LogP) is 9.62. The van der Waals surface area contributed by atoms with E-state index in [-0.39, 0.29) is 50.9 Å². The summed E-state index contributed by atoms with van der Waals surface area (Å²) in [5.74, 6) is -0.684. The first-order valence-corrected chi connectivity index (χ1v) is 14.0. The molecule has 0 atom stereocenters. The quantitative estimate of drug-likeness (QED) is 0.0355. The molecule has 0 aromatic carbocycles. The molecule has 0 saturated heterocycles. The fourth-order valence-corrected chi connectivity index (χ4v) is 4.13. The molecule has 0 saturated carbocycles. The van der Waals surface area contributed by atoms with Crippen LogP contribution in [-0.2, 0) is 53.3 Å². The Hall–Kier alpha value is 0.127. The number of allylic oxidation sites excluding steroid dienone is 1. The van der Waals surface area contributed by atoms with Crippen molar-refractivity contribution in [3.05, 3.63) is 12.7 Å². The van der Waals surface area contributed by atoms with Gasteiger partial charge in [0.25, 0.3) is 0 Å². The SMILES string of the molecule is C=CCCCCCCCCC(=O)OC(=O)CCCCCCCCCCCCCCCCC.[Zn].[Zn]. The third-order valence-electron chi connectivity index (χ3n) is 6.25. The molecule has 0 N–H and O–H groups in total. The van der Waals surface area contributed by atoms with E-state index in [0.29, 0.717) is 12.8 Å². The molecule has 0 amide bonds. The third-order valence-corrected chi connectivity index (χ3v) is 6.25. The van der Waals surface area contributed by atoms with Gasteiger partial charge in [-0.1, -0.05) is 129 Å². The van der Waals surface area contributed by atoms with Crippen molar-refractivity contribution in [2.75, 3.05) is 0 Å². The summed E-state index contributed by atoms with van der Waals surface area (Å²) in [5.41, 5.74) is 0. The van der Waals surface area contributed by atoms with E-state index in [4.69, 9.17) is 4.74 Å². The minimum atomic E-state index is -0.345. The van der Waals surface area contributed by atoms with Gasteiger partial charge in [-0.2, -0.15) is 0 Å². The summed E-state index contributed by atoms with van der Waals surface area (Å²) in [5, 5.41) is 0. The molecule has 34 heavy (non-hydrogen) atoms. The zero-order valence-electron chi connectivity index (χ0n) is 22.9. The molecule has 0 aromatic rings. The Kier molecular flexibility index (Phi) is 37.7. The standard InChI is InChI=1S/C29H54O3.2Zn/c1-3-5-7-9-11-13-14-15-16-17-18-19-21-23-25-27-29(31)32-28(30)26-24-22-20-12-10-8-6-4-2;;/h4H,2-3,5-27H2,1H3;;. The number of rotatable bonds is 25. The first-order valence-electron chi connectivity index (χ1n) is 14.0. The average molecular weight is 582 g/mol. The zero-order chi connectivity index (χ0) is 23.5. The second kappa shape index (κ2) is 33.1. The monoisotopic (exact) mass is 578 g/mol. The molecule has 0 aliphatic carbocycles. The summed E-state index contributed by atoms with van der Waals surface area (Å²) in [6, 6.07) is 0. The van der Waals surface area contributed by atoms with E-state index in [2.05, 4.69) is 13.5 Å². The van der Waals surface area contributed by atoms with E-state index in [1.165, 1.54) is 103 Å². The number of unbranched alkanes of at least 4 members (excludes halogenated alkanes) is 20. The molecule has 5 heteroatoms. The van der Waals surface area contributed by atoms with Crippen LogP contribution >= 0.6 is 0 Å². The van der Waals surface area contributed by atoms with Crippen LogP contribution in [0.3, 0.4) is 0 Å². The number of hydrogen-bond donors (Lipinski definition) is 0. The topological polar surface area (TPSA) is 43.4 Å². The molecule has 0 aliphatic rings. The van der Waals surface area contributed by atoms with Gasteiger partial charge in [-0.15, -0.1) is 6.58 Å². The van der Waals surface area contributed by atoms with Crippen LogP contribution in [0.1, 0.15) is 161 Å². The van der Waals surface area contributed by atoms with Gasteiger partial charge in [-0.05, 0) is 25.7 Å². The van der Waals surface area contributed by atoms with Gasteiger partial charge in [-0.25, -0.2) is 0 Å². The molecule has 0 unspecified atom stereocenters. The number of esters is 2. The molecule has 0 heterocycles. The van der Waals surface area contributed by atoms with E-state index in [1.54, 1.807) is 0 Å². The van der Waals surface area contributed by atoms with Gasteiger partial charge in [0, 0.05) is 51.8 Å². The average Bonchev–Trinajstić information content (AvgIpc) is 2.78. The Bertz CT molecular complexity index is 441. The number of ether oxygens (including phenoxy) is 1. The van der Waals surface area contributed by atoms with Crippen molar-refractivity contribution in [2.45, 2.75) is 161 Å². The van der Waals surface area contributed by atoms with Crippen molar-refractivity contribution in [2.24, 2.45) is 0 Å². The summed E-state index contributed by atoms with van der Waals surface area (Å²) in [6.07, 6.45) is 30.1. The van der Waals surface area contributed by atoms with Crippen LogP contribution in [0, 0.1) is 0 Å². The Morgan fingerprint density at radius 2 is 0.824 bits per heavy atom. The van der Waals surface area contributed by atoms with Crippen LogP contribution in [0.4, 0.5) is 0 Å². The van der Waals surface area contributed by atoms with Crippen LogP contribution in [0.25, 0.3) is 0 Å². The van der Waals surface area contributed by atoms with E-state index >= 15 is 0 Å². The van der Waals surface area contributed by atoms with E-state index in [1.807, 2.05) is 6.08 Å². The van der Waals surface area contributed by atoms with Crippen LogP contribution in [-0.4, -0.2) is 11.9 Å². The molecule has 0 fully saturated rings. The van der Waals surface area contributed by atoms with Crippen molar-refractivity contribution in [1.82, 2.24) is 0 Å². The maximum absolute atomic E-state index is 11.8. The molecular formula is C29H54O3Zn2. The molecule has 0 rings (SSSR count). The third kappa shape index (κ3) is 32.1. The van der Waals surface area contributed by atoms with Crippen molar-refractivity contribution in [1.29, 1.82) is 0 Å². The first-order chi connectivity index (χ1) is 15.7. The van der Waals surface area contributed by atoms with Gasteiger partial charge in [0.05, 0.1) is 0 Å². The molecule has 0 radical (unpaired) electrons. The first kappa shape index (κ1) is 38.7. The minimum absolute atomic E-state index is 0. The summed E-state index contributed by atoms with van der Waals surface area (Å²) in [7, 11) is 0. The van der Waals surface area contributed by atoms with Crippen molar-refractivity contribution >= 4 is 11.9 Å². The fourth-order valence-electron chi connectivity index (χ4n) is 4.13. The van der Waals surface area contributed by atoms with Crippen LogP contribution in [0.5, 0.6) is 0 Å². The number of carbonyl (C=O) groups excluding carboxylic acids is 2. The summed E-state index contributed by atoms with van der Waals surface area (Å²) >= 11 is 0. The Morgan fingerprint density at radius 1 is 0.529 bits per heavy atom. The zero-order valence-corrected chi connectivity index (χ0v) is 28.8. The molecule has 3 nitrogen and oxygen atoms in total. The van der Waals surface area contributed by atoms with E-state index < -0.39 is 0 Å². The van der Waals surface area contributed by atoms with Gasteiger partial charge in [0.15, 0.2) is 0 Å². The van der Waals surface area contributed by atoms with Crippen molar-refractivity contribution in [3.8, 4) is 0 Å². The van der Waals surface area contributed by atoms with Crippen molar-refractivity contribution in [3.63, 3.8) is 0 Å². The largest absolute Gasteiger partial charge is 0.393 e. The minimum Gasteiger partial charge on any atom is -0.393 e. The fraction of sp³-hybridized carbons (Fsp3) is 0.862. The maximum Gasteiger partial charge on any atom is 0.313 e. The van der Waals surface area contributed by atoms with Gasteiger partial charge in [0.1, 0.15) is 0 Å². The van der Waals surface area contributed by atoms with Gasteiger partial charge >= 0.3 is 11.9 Å². The molecule has 192 valence electrons. The van der Waals surface area contributed by atoms with Gasteiger partial charge < -0.3 is 4.74 Å². The van der Waals surface area contributed by atoms with Crippen LogP contribution in [0.2, 0.25) is 0 Å². The summed E-state index contributed by atoms with van der Waals surface area (Å²) < 4.78 is 4.94. The Labute approximate surface area is 237 Å². The van der Waals surface area contributed by atoms with E-state index in [0.717, 1.165) is 38.5 Å². The molecule has 0 bridgehead atoms. The predicted molar refractivity (Wildman–Crippen MR) is 138 cm³/mol. The Morgan fingerprint density at radius 3 is 1.15 bits per heavy atom. The molecule has 0 aromatic heterocycles. The molecular weight excluding hydrogens is 527 g/mol. The second-order valence-corrected chi connectivity index (χ2v) is 9.49.